The van der Waals surface area contributed by atoms with Gasteiger partial charge in [-0.15, -0.1) is 0 Å². The molecule has 116 valence electrons. The third-order valence-corrected chi connectivity index (χ3v) is 3.13. The van der Waals surface area contributed by atoms with Gasteiger partial charge >= 0.3 is 0 Å². The Morgan fingerprint density at radius 1 is 1.09 bits per heavy atom. The van der Waals surface area contributed by atoms with Crippen molar-refractivity contribution in [1.29, 1.82) is 0 Å². The smallest absolute Gasteiger partial charge is 0.163 e. The lowest BCUT2D eigenvalue weighted by atomic mass is 10.2. The summed E-state index contributed by atoms with van der Waals surface area (Å²) in [6, 6.07) is 7.78. The van der Waals surface area contributed by atoms with Crippen LogP contribution in [0.2, 0.25) is 5.02 Å². The molecule has 0 saturated carbocycles. The van der Waals surface area contributed by atoms with Gasteiger partial charge in [-0.1, -0.05) is 11.6 Å². The van der Waals surface area contributed by atoms with Crippen molar-refractivity contribution in [3.05, 3.63) is 71.8 Å². The van der Waals surface area contributed by atoms with Crippen molar-refractivity contribution in [3.8, 4) is 11.5 Å². The van der Waals surface area contributed by atoms with Gasteiger partial charge in [0.1, 0.15) is 17.9 Å². The first-order valence-corrected chi connectivity index (χ1v) is 7.14. The van der Waals surface area contributed by atoms with Crippen molar-refractivity contribution < 1.29 is 9.13 Å². The Morgan fingerprint density at radius 3 is 2.70 bits per heavy atom. The molecule has 0 aliphatic carbocycles. The first-order chi connectivity index (χ1) is 11.2. The summed E-state index contributed by atoms with van der Waals surface area (Å²) >= 11 is 5.91. The fraction of sp³-hybridized carbons (Fsp3) is 0.0625. The Balaban J connectivity index is 1.72. The molecule has 0 aliphatic rings. The number of pyridine rings is 1. The number of aromatic nitrogens is 3. The molecule has 23 heavy (non-hydrogen) atoms. The zero-order valence-corrected chi connectivity index (χ0v) is 12.7. The number of nitrogens with one attached hydrogen (secondary N) is 1. The Bertz CT molecular complexity index is 801. The fourth-order valence-corrected chi connectivity index (χ4v) is 2.12. The van der Waals surface area contributed by atoms with E-state index in [0.717, 1.165) is 5.69 Å². The Hall–Kier alpha value is -2.73. The van der Waals surface area contributed by atoms with E-state index >= 15 is 0 Å². The Labute approximate surface area is 137 Å². The average molecular weight is 331 g/mol. The van der Waals surface area contributed by atoms with E-state index in [2.05, 4.69) is 20.3 Å². The van der Waals surface area contributed by atoms with Crippen molar-refractivity contribution in [1.82, 2.24) is 15.0 Å². The number of hydrogen-bond acceptors (Lipinski definition) is 5. The van der Waals surface area contributed by atoms with Gasteiger partial charge in [-0.3, -0.25) is 4.98 Å². The minimum absolute atomic E-state index is 0.348. The molecule has 0 saturated heterocycles. The summed E-state index contributed by atoms with van der Waals surface area (Å²) in [6.07, 6.45) is 6.01. The average Bonchev–Trinajstić information content (AvgIpc) is 2.53. The van der Waals surface area contributed by atoms with Gasteiger partial charge in [0.2, 0.25) is 0 Å². The maximum absolute atomic E-state index is 13.7. The second-order valence-corrected chi connectivity index (χ2v) is 5.11. The van der Waals surface area contributed by atoms with E-state index in [-0.39, 0.29) is 0 Å². The normalized spacial score (nSPS) is 10.3. The number of anilines is 1. The fourth-order valence-electron chi connectivity index (χ4n) is 1.94. The highest BCUT2D eigenvalue weighted by atomic mass is 35.5. The monoisotopic (exact) mass is 330 g/mol. The van der Waals surface area contributed by atoms with Crippen molar-refractivity contribution in [2.24, 2.45) is 0 Å². The van der Waals surface area contributed by atoms with E-state index in [1.54, 1.807) is 24.4 Å². The zero-order chi connectivity index (χ0) is 16.1. The first kappa shape index (κ1) is 15.2. The van der Waals surface area contributed by atoms with Crippen LogP contribution in [0.4, 0.5) is 10.1 Å². The minimum Gasteiger partial charge on any atom is -0.454 e. The number of nitrogens with zero attached hydrogens (tertiary/aromatic N) is 3. The molecule has 3 aromatic rings. The van der Waals surface area contributed by atoms with Crippen LogP contribution in [0.15, 0.2) is 55.2 Å². The van der Waals surface area contributed by atoms with Gasteiger partial charge in [-0.05, 0) is 18.2 Å². The van der Waals surface area contributed by atoms with E-state index in [1.807, 2.05) is 0 Å². The summed E-state index contributed by atoms with van der Waals surface area (Å²) in [6.45, 7) is 0.415. The summed E-state index contributed by atoms with van der Waals surface area (Å²) in [7, 11) is 0. The highest BCUT2D eigenvalue weighted by Gasteiger charge is 2.04. The molecule has 0 radical (unpaired) electrons. The second kappa shape index (κ2) is 7.02. The molecule has 0 aliphatic heterocycles. The van der Waals surface area contributed by atoms with Crippen molar-refractivity contribution in [3.63, 3.8) is 0 Å². The molecule has 0 unspecified atom stereocenters. The van der Waals surface area contributed by atoms with Crippen LogP contribution in [0, 0.1) is 5.82 Å². The molecule has 0 spiro atoms. The van der Waals surface area contributed by atoms with Gasteiger partial charge < -0.3 is 10.1 Å². The third kappa shape index (κ3) is 4.37. The number of rotatable bonds is 5. The topological polar surface area (TPSA) is 59.9 Å². The molecule has 0 atom stereocenters. The maximum Gasteiger partial charge on any atom is 0.163 e. The lowest BCUT2D eigenvalue weighted by Crippen LogP contribution is -2.02. The number of benzene rings is 1. The standard InChI is InChI=1S/C16H12ClFN4O/c17-11-1-2-21-14(3-11)7-22-13-4-12(18)5-15(6-13)23-16-8-19-10-20-9-16/h1-6,8-10,22H,7H2. The molecular formula is C16H12ClFN4O. The molecule has 2 aromatic heterocycles. The van der Waals surface area contributed by atoms with E-state index in [1.165, 1.54) is 30.9 Å². The van der Waals surface area contributed by atoms with E-state index in [4.69, 9.17) is 16.3 Å². The van der Waals surface area contributed by atoms with E-state index in [0.29, 0.717) is 28.8 Å². The minimum atomic E-state index is -0.416. The Morgan fingerprint density at radius 2 is 1.91 bits per heavy atom. The lowest BCUT2D eigenvalue weighted by molar-refractivity contribution is 0.472. The summed E-state index contributed by atoms with van der Waals surface area (Å²) < 4.78 is 19.3. The second-order valence-electron chi connectivity index (χ2n) is 4.67. The summed E-state index contributed by atoms with van der Waals surface area (Å²) in [5.41, 5.74) is 1.32. The van der Waals surface area contributed by atoms with Crippen molar-refractivity contribution >= 4 is 17.3 Å². The van der Waals surface area contributed by atoms with Gasteiger partial charge in [0.05, 0.1) is 24.6 Å². The van der Waals surface area contributed by atoms with Crippen molar-refractivity contribution in [2.75, 3.05) is 5.32 Å². The molecule has 5 nitrogen and oxygen atoms in total. The Kier molecular flexibility index (Phi) is 4.63. The SMILES string of the molecule is Fc1cc(NCc2cc(Cl)ccn2)cc(Oc2cncnc2)c1. The number of ether oxygens (including phenoxy) is 1. The molecule has 0 fully saturated rings. The summed E-state index contributed by atoms with van der Waals surface area (Å²) in [5, 5.41) is 3.68. The summed E-state index contributed by atoms with van der Waals surface area (Å²) in [4.78, 5) is 11.9. The van der Waals surface area contributed by atoms with Crippen LogP contribution < -0.4 is 10.1 Å². The van der Waals surface area contributed by atoms with Crippen LogP contribution in [0.1, 0.15) is 5.69 Å². The zero-order valence-electron chi connectivity index (χ0n) is 11.9. The van der Waals surface area contributed by atoms with E-state index < -0.39 is 5.82 Å². The molecule has 0 amide bonds. The molecule has 1 aromatic carbocycles. The van der Waals surface area contributed by atoms with Gasteiger partial charge in [0.25, 0.3) is 0 Å². The van der Waals surface area contributed by atoms with Gasteiger partial charge in [0, 0.05) is 29.0 Å². The predicted octanol–water partition coefficient (Wildman–Crippen LogP) is 4.07. The largest absolute Gasteiger partial charge is 0.454 e. The van der Waals surface area contributed by atoms with Crippen LogP contribution in [0.25, 0.3) is 0 Å². The first-order valence-electron chi connectivity index (χ1n) is 6.77. The van der Waals surface area contributed by atoms with Crippen LogP contribution >= 0.6 is 11.6 Å². The third-order valence-electron chi connectivity index (χ3n) is 2.90. The van der Waals surface area contributed by atoms with Gasteiger partial charge in [-0.2, -0.15) is 0 Å². The number of halogens is 2. The summed E-state index contributed by atoms with van der Waals surface area (Å²) in [5.74, 6) is 0.364. The van der Waals surface area contributed by atoms with Crippen LogP contribution in [0.3, 0.4) is 0 Å². The van der Waals surface area contributed by atoms with Gasteiger partial charge in [0.15, 0.2) is 5.75 Å². The highest BCUT2D eigenvalue weighted by molar-refractivity contribution is 6.30. The van der Waals surface area contributed by atoms with Crippen LogP contribution in [0.5, 0.6) is 11.5 Å². The molecular weight excluding hydrogens is 319 g/mol. The lowest BCUT2D eigenvalue weighted by Gasteiger charge is -2.10. The molecule has 7 heteroatoms. The molecule has 3 rings (SSSR count). The molecule has 1 N–H and O–H groups in total. The van der Waals surface area contributed by atoms with Crippen LogP contribution in [-0.4, -0.2) is 15.0 Å². The van der Waals surface area contributed by atoms with Gasteiger partial charge in [-0.25, -0.2) is 14.4 Å². The maximum atomic E-state index is 13.7. The van der Waals surface area contributed by atoms with Crippen molar-refractivity contribution in [2.45, 2.75) is 6.54 Å². The predicted molar refractivity (Wildman–Crippen MR) is 85.1 cm³/mol. The van der Waals surface area contributed by atoms with E-state index in [9.17, 15) is 4.39 Å². The number of hydrogen-bond donors (Lipinski definition) is 1. The quantitative estimate of drug-likeness (QED) is 0.764. The van der Waals surface area contributed by atoms with Crippen LogP contribution in [-0.2, 0) is 6.54 Å². The highest BCUT2D eigenvalue weighted by Crippen LogP contribution is 2.25. The molecule has 0 bridgehead atoms. The molecule has 2 heterocycles.